The summed E-state index contributed by atoms with van der Waals surface area (Å²) >= 11 is 1.10. The Kier molecular flexibility index (Phi) is 9.62. The smallest absolute Gasteiger partial charge is 1.00 e. The average Bonchev–Trinajstić information content (AvgIpc) is 2.04. The maximum absolute atomic E-state index is 5.30. The molecule has 0 aliphatic rings. The standard InChI is InChI=1S/C9H12O.2ClH.Zr/c1-7(2)8-5-3-4-6-9(8)10;;;/h3-7,10H,1-2H3;2*1H;/q;;;+3/p-3. The summed E-state index contributed by atoms with van der Waals surface area (Å²) in [5.74, 6) is 1.58. The molecule has 0 bridgehead atoms. The van der Waals surface area contributed by atoms with Crippen molar-refractivity contribution in [1.82, 2.24) is 0 Å². The molecule has 1 nitrogen and oxygen atoms in total. The summed E-state index contributed by atoms with van der Waals surface area (Å²) in [5.41, 5.74) is 1.30. The number of benzene rings is 1. The fourth-order valence-corrected chi connectivity index (χ4v) is 1.51. The van der Waals surface area contributed by atoms with Gasteiger partial charge in [0.05, 0.1) is 0 Å². The van der Waals surface area contributed by atoms with Crippen LogP contribution in [0.5, 0.6) is 5.75 Å². The van der Waals surface area contributed by atoms with E-state index in [1.807, 2.05) is 18.2 Å². The Morgan fingerprint density at radius 2 is 1.69 bits per heavy atom. The molecule has 0 aliphatic heterocycles. The predicted molar refractivity (Wildman–Crippen MR) is 41.2 cm³/mol. The quantitative estimate of drug-likeness (QED) is 0.555. The molecule has 1 aromatic carbocycles. The molecule has 71 valence electrons. The van der Waals surface area contributed by atoms with Crippen molar-refractivity contribution in [2.45, 2.75) is 19.8 Å². The maximum Gasteiger partial charge on any atom is -1.00 e. The molecule has 0 N–H and O–H groups in total. The van der Waals surface area contributed by atoms with E-state index in [1.54, 1.807) is 0 Å². The summed E-state index contributed by atoms with van der Waals surface area (Å²) < 4.78 is 5.30. The zero-order chi connectivity index (χ0) is 8.27. The van der Waals surface area contributed by atoms with E-state index in [-0.39, 0.29) is 24.8 Å². The Morgan fingerprint density at radius 3 is 2.08 bits per heavy atom. The molecule has 0 aromatic heterocycles. The van der Waals surface area contributed by atoms with E-state index in [1.165, 1.54) is 5.56 Å². The summed E-state index contributed by atoms with van der Waals surface area (Å²) in [6, 6.07) is 8.19. The van der Waals surface area contributed by atoms with Crippen LogP contribution in [-0.2, 0) is 25.2 Å². The largest absolute Gasteiger partial charge is 1.00 e. The molecule has 0 unspecified atom stereocenters. The van der Waals surface area contributed by atoms with Crippen LogP contribution >= 0.6 is 0 Å². The van der Waals surface area contributed by atoms with Crippen LogP contribution < -0.4 is 27.6 Å². The first kappa shape index (κ1) is 15.9. The first-order valence-electron chi connectivity index (χ1n) is 3.68. The van der Waals surface area contributed by atoms with Gasteiger partial charge in [-0.15, -0.1) is 0 Å². The Hall–Kier alpha value is 0.483. The molecule has 0 atom stereocenters. The molecule has 0 amide bonds. The van der Waals surface area contributed by atoms with Gasteiger partial charge in [0.15, 0.2) is 0 Å². The van der Waals surface area contributed by atoms with Crippen molar-refractivity contribution < 1.29 is 52.8 Å². The third-order valence-corrected chi connectivity index (χ3v) is 2.19. The third kappa shape index (κ3) is 4.49. The van der Waals surface area contributed by atoms with Crippen molar-refractivity contribution >= 4 is 0 Å². The summed E-state index contributed by atoms with van der Waals surface area (Å²) in [4.78, 5) is 0. The van der Waals surface area contributed by atoms with Crippen LogP contribution in [0.4, 0.5) is 0 Å². The second kappa shape index (κ2) is 7.85. The first-order chi connectivity index (χ1) is 5.25. The summed E-state index contributed by atoms with van der Waals surface area (Å²) in [5, 5.41) is 0. The van der Waals surface area contributed by atoms with Gasteiger partial charge in [-0.1, -0.05) is 0 Å². The van der Waals surface area contributed by atoms with Gasteiger partial charge in [0.2, 0.25) is 0 Å². The van der Waals surface area contributed by atoms with Gasteiger partial charge in [-0.3, -0.25) is 0 Å². The fraction of sp³-hybridized carbons (Fsp3) is 0.333. The molecule has 13 heavy (non-hydrogen) atoms. The Morgan fingerprint density at radius 1 is 1.15 bits per heavy atom. The normalized spacial score (nSPS) is 8.69. The van der Waals surface area contributed by atoms with Crippen molar-refractivity contribution in [3.8, 4) is 5.75 Å². The van der Waals surface area contributed by atoms with Crippen molar-refractivity contribution in [2.24, 2.45) is 0 Å². The maximum atomic E-state index is 5.30. The molecule has 0 spiro atoms. The molecule has 0 radical (unpaired) electrons. The second-order valence-electron chi connectivity index (χ2n) is 2.79. The summed E-state index contributed by atoms with van der Waals surface area (Å²) in [7, 11) is 0. The van der Waals surface area contributed by atoms with E-state index in [0.717, 1.165) is 30.9 Å². The molecule has 0 saturated heterocycles. The second-order valence-corrected chi connectivity index (χ2v) is 3.30. The molecule has 0 heterocycles. The number of rotatable bonds is 2. The zero-order valence-corrected chi connectivity index (χ0v) is 11.5. The van der Waals surface area contributed by atoms with E-state index >= 15 is 0 Å². The summed E-state index contributed by atoms with van der Waals surface area (Å²) in [6.07, 6.45) is 0. The molecule has 0 fully saturated rings. The number of para-hydroxylation sites is 1. The predicted octanol–water partition coefficient (Wildman–Crippen LogP) is -3.34. The van der Waals surface area contributed by atoms with Crippen LogP contribution in [0.2, 0.25) is 0 Å². The molecule has 4 heteroatoms. The van der Waals surface area contributed by atoms with Crippen molar-refractivity contribution in [1.29, 1.82) is 0 Å². The minimum atomic E-state index is 0. The van der Waals surface area contributed by atoms with E-state index in [4.69, 9.17) is 2.81 Å². The number of hydrogen-bond acceptors (Lipinski definition) is 1. The fourth-order valence-electron chi connectivity index (χ4n) is 1.05. The van der Waals surface area contributed by atoms with Gasteiger partial charge >= 0.3 is 83.3 Å². The van der Waals surface area contributed by atoms with Gasteiger partial charge in [0, 0.05) is 0 Å². The van der Waals surface area contributed by atoms with E-state index in [0.29, 0.717) is 5.92 Å². The van der Waals surface area contributed by atoms with E-state index in [2.05, 4.69) is 19.9 Å². The first-order valence-corrected chi connectivity index (χ1v) is 4.68. The van der Waals surface area contributed by atoms with E-state index in [9.17, 15) is 0 Å². The van der Waals surface area contributed by atoms with Crippen LogP contribution in [0.3, 0.4) is 0 Å². The van der Waals surface area contributed by atoms with Gasteiger partial charge in [-0.05, 0) is 0 Å². The van der Waals surface area contributed by atoms with Gasteiger partial charge in [-0.2, -0.15) is 0 Å². The minimum Gasteiger partial charge on any atom is -1.00 e. The zero-order valence-electron chi connectivity index (χ0n) is 7.55. The molecule has 1 aromatic rings. The topological polar surface area (TPSA) is 9.23 Å². The summed E-state index contributed by atoms with van der Waals surface area (Å²) in [6.45, 7) is 4.35. The van der Waals surface area contributed by atoms with E-state index < -0.39 is 0 Å². The SMILES string of the molecule is CC(C)c1ccccc1[O][Zr+2].[Cl-].[Cl-]. The van der Waals surface area contributed by atoms with Crippen molar-refractivity contribution in [2.75, 3.05) is 0 Å². The molecular weight excluding hydrogens is 286 g/mol. The monoisotopic (exact) mass is 295 g/mol. The minimum absolute atomic E-state index is 0. The van der Waals surface area contributed by atoms with Crippen LogP contribution in [0.25, 0.3) is 0 Å². The van der Waals surface area contributed by atoms with Crippen LogP contribution in [-0.4, -0.2) is 0 Å². The van der Waals surface area contributed by atoms with Crippen LogP contribution in [0.1, 0.15) is 25.3 Å². The van der Waals surface area contributed by atoms with Crippen molar-refractivity contribution in [3.05, 3.63) is 29.8 Å². The van der Waals surface area contributed by atoms with Gasteiger partial charge in [0.1, 0.15) is 0 Å². The third-order valence-electron chi connectivity index (χ3n) is 1.65. The van der Waals surface area contributed by atoms with Gasteiger partial charge in [-0.25, -0.2) is 0 Å². The van der Waals surface area contributed by atoms with Crippen LogP contribution in [0.15, 0.2) is 24.3 Å². The Balaban J connectivity index is 0. The molecular formula is C9H11Cl2OZr. The molecule has 0 saturated carbocycles. The van der Waals surface area contributed by atoms with Crippen molar-refractivity contribution in [3.63, 3.8) is 0 Å². The Labute approximate surface area is 108 Å². The van der Waals surface area contributed by atoms with Gasteiger partial charge in [0.25, 0.3) is 0 Å². The number of hydrogen-bond donors (Lipinski definition) is 0. The Bertz CT molecular complexity index is 241. The molecule has 0 aliphatic carbocycles. The van der Waals surface area contributed by atoms with Gasteiger partial charge < -0.3 is 24.8 Å². The van der Waals surface area contributed by atoms with Crippen LogP contribution in [0, 0.1) is 0 Å². The average molecular weight is 297 g/mol. The number of halogens is 2. The molecule has 1 rings (SSSR count).